The predicted molar refractivity (Wildman–Crippen MR) is 84.9 cm³/mol. The predicted octanol–water partition coefficient (Wildman–Crippen LogP) is 3.09. The molecule has 1 fully saturated rings. The summed E-state index contributed by atoms with van der Waals surface area (Å²) in [5, 5.41) is 0. The number of nitrogens with zero attached hydrogens (tertiary/aromatic N) is 1. The van der Waals surface area contributed by atoms with Crippen molar-refractivity contribution in [3.8, 4) is 0 Å². The third-order valence-electron chi connectivity index (χ3n) is 3.94. The van der Waals surface area contributed by atoms with Crippen LogP contribution in [0.2, 0.25) is 0 Å². The number of aryl methyl sites for hydroxylation is 1. The van der Waals surface area contributed by atoms with Gasteiger partial charge in [0, 0.05) is 18.8 Å². The van der Waals surface area contributed by atoms with Gasteiger partial charge in [-0.1, -0.05) is 19.1 Å². The summed E-state index contributed by atoms with van der Waals surface area (Å²) in [5.74, 6) is 0. The number of nitrogen functional groups attached to an aromatic ring is 1. The molecule has 2 N–H and O–H groups in total. The molecule has 1 heterocycles. The lowest BCUT2D eigenvalue weighted by Crippen LogP contribution is -2.40. The number of anilines is 1. The lowest BCUT2D eigenvalue weighted by molar-refractivity contribution is -0.000189. The first-order valence-corrected chi connectivity index (χ1v) is 7.96. The van der Waals surface area contributed by atoms with Gasteiger partial charge < -0.3 is 15.4 Å². The molecular formula is C17H28N2O. The van der Waals surface area contributed by atoms with Crippen LogP contribution in [0, 0.1) is 0 Å². The third kappa shape index (κ3) is 5.14. The fourth-order valence-corrected chi connectivity index (χ4v) is 2.83. The monoisotopic (exact) mass is 276 g/mol. The lowest BCUT2D eigenvalue weighted by atomic mass is 10.1. The van der Waals surface area contributed by atoms with Gasteiger partial charge in [-0.05, 0) is 62.9 Å². The summed E-state index contributed by atoms with van der Waals surface area (Å²) in [5.41, 5.74) is 7.94. The van der Waals surface area contributed by atoms with E-state index in [1.807, 2.05) is 12.1 Å². The Morgan fingerprint density at radius 1 is 1.30 bits per heavy atom. The number of benzene rings is 1. The van der Waals surface area contributed by atoms with Gasteiger partial charge >= 0.3 is 0 Å². The van der Waals surface area contributed by atoms with Crippen molar-refractivity contribution in [1.82, 2.24) is 4.90 Å². The van der Waals surface area contributed by atoms with E-state index in [0.29, 0.717) is 6.10 Å². The van der Waals surface area contributed by atoms with Gasteiger partial charge in [0.15, 0.2) is 0 Å². The summed E-state index contributed by atoms with van der Waals surface area (Å²) in [4.78, 5) is 2.56. The van der Waals surface area contributed by atoms with Crippen molar-refractivity contribution in [2.24, 2.45) is 0 Å². The van der Waals surface area contributed by atoms with Crippen molar-refractivity contribution in [1.29, 1.82) is 0 Å². The highest BCUT2D eigenvalue weighted by molar-refractivity contribution is 5.39. The van der Waals surface area contributed by atoms with E-state index in [2.05, 4.69) is 24.0 Å². The molecule has 1 aliphatic rings. The van der Waals surface area contributed by atoms with E-state index in [1.54, 1.807) is 0 Å². The highest BCUT2D eigenvalue weighted by atomic mass is 16.5. The van der Waals surface area contributed by atoms with Crippen molar-refractivity contribution in [3.05, 3.63) is 29.8 Å². The summed E-state index contributed by atoms with van der Waals surface area (Å²) >= 11 is 0. The standard InChI is InChI=1S/C17H28N2O/c1-2-13-20-17-6-4-12-19(14-17)11-3-5-15-7-9-16(18)10-8-15/h7-10,17H,2-6,11-14,18H2,1H3. The SMILES string of the molecule is CCCOC1CCCN(CCCc2ccc(N)cc2)C1. The molecule has 1 saturated heterocycles. The van der Waals surface area contributed by atoms with Crippen LogP contribution in [0.3, 0.4) is 0 Å². The second kappa shape index (κ2) is 8.28. The topological polar surface area (TPSA) is 38.5 Å². The zero-order valence-electron chi connectivity index (χ0n) is 12.7. The fourth-order valence-electron chi connectivity index (χ4n) is 2.83. The number of nitrogens with two attached hydrogens (primary N) is 1. The van der Waals surface area contributed by atoms with Crippen LogP contribution < -0.4 is 5.73 Å². The minimum absolute atomic E-state index is 0.459. The summed E-state index contributed by atoms with van der Waals surface area (Å²) in [6.45, 7) is 6.60. The fraction of sp³-hybridized carbons (Fsp3) is 0.647. The lowest BCUT2D eigenvalue weighted by Gasteiger charge is -2.32. The Balaban J connectivity index is 1.67. The maximum Gasteiger partial charge on any atom is 0.0702 e. The van der Waals surface area contributed by atoms with Crippen LogP contribution in [-0.4, -0.2) is 37.2 Å². The molecule has 1 aromatic carbocycles. The molecule has 3 heteroatoms. The highest BCUT2D eigenvalue weighted by Gasteiger charge is 2.19. The van der Waals surface area contributed by atoms with Crippen LogP contribution in [0.15, 0.2) is 24.3 Å². The molecule has 0 amide bonds. The Hall–Kier alpha value is -1.06. The van der Waals surface area contributed by atoms with Gasteiger partial charge in [0.2, 0.25) is 0 Å². The van der Waals surface area contributed by atoms with Crippen molar-refractivity contribution >= 4 is 5.69 Å². The van der Waals surface area contributed by atoms with E-state index >= 15 is 0 Å². The molecule has 1 atom stereocenters. The van der Waals surface area contributed by atoms with Crippen LogP contribution in [0.4, 0.5) is 5.69 Å². The Labute approximate surface area is 123 Å². The van der Waals surface area contributed by atoms with Crippen LogP contribution in [0.25, 0.3) is 0 Å². The van der Waals surface area contributed by atoms with Crippen molar-refractivity contribution in [3.63, 3.8) is 0 Å². The number of rotatable bonds is 7. The summed E-state index contributed by atoms with van der Waals surface area (Å²) in [6.07, 6.45) is 6.43. The first kappa shape index (κ1) is 15.3. The van der Waals surface area contributed by atoms with Crippen molar-refractivity contribution in [2.45, 2.75) is 45.1 Å². The molecule has 0 aromatic heterocycles. The number of hydrogen-bond acceptors (Lipinski definition) is 3. The summed E-state index contributed by atoms with van der Waals surface area (Å²) in [6, 6.07) is 8.26. The number of ether oxygens (including phenoxy) is 1. The van der Waals surface area contributed by atoms with Gasteiger partial charge in [0.25, 0.3) is 0 Å². The van der Waals surface area contributed by atoms with Gasteiger partial charge in [0.1, 0.15) is 0 Å². The zero-order chi connectivity index (χ0) is 14.2. The number of piperidine rings is 1. The smallest absolute Gasteiger partial charge is 0.0702 e. The first-order valence-electron chi connectivity index (χ1n) is 7.96. The highest BCUT2D eigenvalue weighted by Crippen LogP contribution is 2.15. The summed E-state index contributed by atoms with van der Waals surface area (Å²) < 4.78 is 5.88. The van der Waals surface area contributed by atoms with Gasteiger partial charge in [-0.3, -0.25) is 0 Å². The average molecular weight is 276 g/mol. The maximum absolute atomic E-state index is 5.88. The minimum Gasteiger partial charge on any atom is -0.399 e. The molecule has 0 saturated carbocycles. The molecule has 1 aromatic rings. The number of hydrogen-bond donors (Lipinski definition) is 1. The molecule has 1 unspecified atom stereocenters. The second-order valence-electron chi connectivity index (χ2n) is 5.78. The number of likely N-dealkylation sites (tertiary alicyclic amines) is 1. The Kier molecular flexibility index (Phi) is 6.34. The Bertz CT molecular complexity index is 377. The van der Waals surface area contributed by atoms with E-state index in [9.17, 15) is 0 Å². The van der Waals surface area contributed by atoms with Crippen LogP contribution in [0.1, 0.15) is 38.2 Å². The molecule has 0 spiro atoms. The maximum atomic E-state index is 5.88. The van der Waals surface area contributed by atoms with E-state index < -0.39 is 0 Å². The van der Waals surface area contributed by atoms with Gasteiger partial charge in [-0.2, -0.15) is 0 Å². The molecule has 0 radical (unpaired) electrons. The van der Waals surface area contributed by atoms with E-state index in [0.717, 1.165) is 31.7 Å². The molecular weight excluding hydrogens is 248 g/mol. The molecule has 2 rings (SSSR count). The first-order chi connectivity index (χ1) is 9.78. The molecule has 112 valence electrons. The Morgan fingerprint density at radius 3 is 2.85 bits per heavy atom. The van der Waals surface area contributed by atoms with Gasteiger partial charge in [-0.25, -0.2) is 0 Å². The van der Waals surface area contributed by atoms with Gasteiger partial charge in [-0.15, -0.1) is 0 Å². The van der Waals surface area contributed by atoms with Crippen LogP contribution in [-0.2, 0) is 11.2 Å². The molecule has 20 heavy (non-hydrogen) atoms. The minimum atomic E-state index is 0.459. The third-order valence-corrected chi connectivity index (χ3v) is 3.94. The van der Waals surface area contributed by atoms with Gasteiger partial charge in [0.05, 0.1) is 6.10 Å². The van der Waals surface area contributed by atoms with E-state index in [-0.39, 0.29) is 0 Å². The second-order valence-corrected chi connectivity index (χ2v) is 5.78. The van der Waals surface area contributed by atoms with Crippen molar-refractivity contribution < 1.29 is 4.74 Å². The largest absolute Gasteiger partial charge is 0.399 e. The molecule has 0 bridgehead atoms. The quantitative estimate of drug-likeness (QED) is 0.778. The zero-order valence-corrected chi connectivity index (χ0v) is 12.7. The molecule has 0 aliphatic carbocycles. The Morgan fingerprint density at radius 2 is 2.10 bits per heavy atom. The van der Waals surface area contributed by atoms with Crippen LogP contribution >= 0.6 is 0 Å². The summed E-state index contributed by atoms with van der Waals surface area (Å²) in [7, 11) is 0. The van der Waals surface area contributed by atoms with Crippen LogP contribution in [0.5, 0.6) is 0 Å². The average Bonchev–Trinajstić information content (AvgIpc) is 2.48. The van der Waals surface area contributed by atoms with Crippen molar-refractivity contribution in [2.75, 3.05) is 32.0 Å². The van der Waals surface area contributed by atoms with E-state index in [4.69, 9.17) is 10.5 Å². The normalized spacial score (nSPS) is 20.1. The van der Waals surface area contributed by atoms with E-state index in [1.165, 1.54) is 37.9 Å². The molecule has 3 nitrogen and oxygen atoms in total. The molecule has 1 aliphatic heterocycles.